The van der Waals surface area contributed by atoms with Crippen molar-refractivity contribution in [2.24, 2.45) is 7.05 Å². The molecule has 1 aliphatic heterocycles. The first-order valence-electron chi connectivity index (χ1n) is 10.4. The largest absolute Gasteiger partial charge is 0.330 e. The predicted octanol–water partition coefficient (Wildman–Crippen LogP) is 3.57. The molecule has 1 fully saturated rings. The number of rotatable bonds is 5. The monoisotopic (exact) mass is 417 g/mol. The van der Waals surface area contributed by atoms with Crippen LogP contribution in [0.5, 0.6) is 0 Å². The highest BCUT2D eigenvalue weighted by Crippen LogP contribution is 2.33. The lowest BCUT2D eigenvalue weighted by Gasteiger charge is -2.40. The third kappa shape index (κ3) is 4.19. The first-order chi connectivity index (χ1) is 14.8. The Morgan fingerprint density at radius 1 is 1.23 bits per heavy atom. The van der Waals surface area contributed by atoms with Crippen LogP contribution in [-0.2, 0) is 11.8 Å². The lowest BCUT2D eigenvalue weighted by molar-refractivity contribution is -0.133. The maximum Gasteiger partial charge on any atom is 0.247 e. The minimum absolute atomic E-state index is 0.0229. The van der Waals surface area contributed by atoms with Crippen molar-refractivity contribution < 1.29 is 4.79 Å². The summed E-state index contributed by atoms with van der Waals surface area (Å²) in [5, 5.41) is 7.67. The van der Waals surface area contributed by atoms with E-state index in [2.05, 4.69) is 25.4 Å². The number of nitrogens with zero attached hydrogens (tertiary/aromatic N) is 6. The topological polar surface area (TPSA) is 88.8 Å². The summed E-state index contributed by atoms with van der Waals surface area (Å²) < 4.78 is 1.83. The van der Waals surface area contributed by atoms with Crippen LogP contribution < -0.4 is 5.32 Å². The molecule has 1 amide bonds. The van der Waals surface area contributed by atoms with Gasteiger partial charge < -0.3 is 10.2 Å². The number of aromatic nitrogens is 5. The van der Waals surface area contributed by atoms with Crippen molar-refractivity contribution in [3.05, 3.63) is 64.5 Å². The van der Waals surface area contributed by atoms with Crippen molar-refractivity contribution in [3.63, 3.8) is 0 Å². The number of hydrogen-bond acceptors (Lipinski definition) is 6. The zero-order chi connectivity index (χ0) is 22.1. The molecule has 160 valence electrons. The van der Waals surface area contributed by atoms with Crippen LogP contribution in [0.3, 0.4) is 0 Å². The van der Waals surface area contributed by atoms with Crippen molar-refractivity contribution in [1.82, 2.24) is 29.6 Å². The Labute approximate surface area is 182 Å². The van der Waals surface area contributed by atoms with Gasteiger partial charge in [0.1, 0.15) is 17.5 Å². The number of anilines is 2. The van der Waals surface area contributed by atoms with E-state index in [1.165, 1.54) is 0 Å². The molecule has 1 aliphatic rings. The van der Waals surface area contributed by atoms with E-state index in [-0.39, 0.29) is 11.9 Å². The number of pyridine rings is 1. The average molecular weight is 418 g/mol. The zero-order valence-corrected chi connectivity index (χ0v) is 18.5. The summed E-state index contributed by atoms with van der Waals surface area (Å²) in [6.45, 7) is 8.51. The molecule has 3 aromatic rings. The molecule has 31 heavy (non-hydrogen) atoms. The lowest BCUT2D eigenvalue weighted by Crippen LogP contribution is -2.44. The van der Waals surface area contributed by atoms with E-state index in [9.17, 15) is 4.79 Å². The third-order valence-corrected chi connectivity index (χ3v) is 5.72. The molecule has 0 bridgehead atoms. The summed E-state index contributed by atoms with van der Waals surface area (Å²) in [6.07, 6.45) is 6.11. The second-order valence-electron chi connectivity index (χ2n) is 7.90. The van der Waals surface area contributed by atoms with Gasteiger partial charge in [0.15, 0.2) is 0 Å². The van der Waals surface area contributed by atoms with E-state index in [0.717, 1.165) is 40.4 Å². The molecule has 0 aliphatic carbocycles. The quantitative estimate of drug-likeness (QED) is 0.639. The molecule has 0 radical (unpaired) electrons. The van der Waals surface area contributed by atoms with Crippen molar-refractivity contribution >= 4 is 23.6 Å². The maximum absolute atomic E-state index is 12.9. The van der Waals surface area contributed by atoms with Crippen LogP contribution in [-0.4, -0.2) is 42.1 Å². The summed E-state index contributed by atoms with van der Waals surface area (Å²) in [4.78, 5) is 28.2. The molecule has 0 aromatic carbocycles. The molecule has 8 heteroatoms. The Balaban J connectivity index is 1.52. The van der Waals surface area contributed by atoms with Gasteiger partial charge in [-0.1, -0.05) is 6.07 Å². The fraction of sp³-hybridized carbons (Fsp3) is 0.348. The van der Waals surface area contributed by atoms with Crippen LogP contribution in [0, 0.1) is 27.7 Å². The fourth-order valence-corrected chi connectivity index (χ4v) is 3.80. The summed E-state index contributed by atoms with van der Waals surface area (Å²) in [5.41, 5.74) is 4.81. The van der Waals surface area contributed by atoms with E-state index < -0.39 is 0 Å². The summed E-state index contributed by atoms with van der Waals surface area (Å²) >= 11 is 0. The van der Waals surface area contributed by atoms with Crippen molar-refractivity contribution in [2.45, 2.75) is 40.2 Å². The van der Waals surface area contributed by atoms with Crippen LogP contribution in [0.4, 0.5) is 11.6 Å². The molecule has 0 saturated carbocycles. The minimum Gasteiger partial charge on any atom is -0.330 e. The Hall–Kier alpha value is -3.55. The molecule has 8 nitrogen and oxygen atoms in total. The molecular formula is C23H27N7O. The molecule has 3 aromatic heterocycles. The van der Waals surface area contributed by atoms with Gasteiger partial charge in [-0.15, -0.1) is 0 Å². The van der Waals surface area contributed by atoms with Crippen LogP contribution in [0.25, 0.3) is 6.08 Å². The normalized spacial score (nSPS) is 15.9. The van der Waals surface area contributed by atoms with Gasteiger partial charge in [-0.3, -0.25) is 9.48 Å². The smallest absolute Gasteiger partial charge is 0.247 e. The van der Waals surface area contributed by atoms with Gasteiger partial charge in [0.2, 0.25) is 5.91 Å². The van der Waals surface area contributed by atoms with Gasteiger partial charge in [-0.2, -0.15) is 5.10 Å². The van der Waals surface area contributed by atoms with Gasteiger partial charge in [-0.05, 0) is 51.8 Å². The number of carbonyl (C=O) groups is 1. The number of carbonyl (C=O) groups excluding carboxylic acids is 1. The van der Waals surface area contributed by atoms with Crippen LogP contribution in [0.15, 0.2) is 30.5 Å². The third-order valence-electron chi connectivity index (χ3n) is 5.72. The Morgan fingerprint density at radius 3 is 2.68 bits per heavy atom. The first-order valence-corrected chi connectivity index (χ1v) is 10.4. The second kappa shape index (κ2) is 8.29. The van der Waals surface area contributed by atoms with E-state index in [4.69, 9.17) is 0 Å². The van der Waals surface area contributed by atoms with Gasteiger partial charge in [0.05, 0.1) is 17.4 Å². The van der Waals surface area contributed by atoms with Gasteiger partial charge in [0.25, 0.3) is 0 Å². The van der Waals surface area contributed by atoms with E-state index in [0.29, 0.717) is 18.2 Å². The van der Waals surface area contributed by atoms with Gasteiger partial charge in [0, 0.05) is 43.2 Å². The standard InChI is InChI=1S/C23H27N7O/c1-14-7-6-11-24-23(14)27-21-13-19(25-17(4)26-21)20-10-12-30(20)22(31)9-8-18-15(2)28-29(5)16(18)3/h6-9,11,13,20H,10,12H2,1-5H3,(H,24,25,26,27)/b9-8+/t20-/m0/s1. The first kappa shape index (κ1) is 20.7. The van der Waals surface area contributed by atoms with Crippen LogP contribution >= 0.6 is 0 Å². The molecular weight excluding hydrogens is 390 g/mol. The van der Waals surface area contributed by atoms with Crippen molar-refractivity contribution in [3.8, 4) is 0 Å². The van der Waals surface area contributed by atoms with Crippen molar-refractivity contribution in [1.29, 1.82) is 0 Å². The summed E-state index contributed by atoms with van der Waals surface area (Å²) in [5.74, 6) is 2.08. The number of amides is 1. The van der Waals surface area contributed by atoms with Gasteiger partial charge in [-0.25, -0.2) is 15.0 Å². The maximum atomic E-state index is 12.9. The highest BCUT2D eigenvalue weighted by atomic mass is 16.2. The molecule has 4 rings (SSSR count). The van der Waals surface area contributed by atoms with Gasteiger partial charge >= 0.3 is 0 Å². The SMILES string of the molecule is Cc1nc(Nc2ncccc2C)cc([C@@H]2CCN2C(=O)/C=C/c2c(C)nn(C)c2C)n1. The Kier molecular flexibility index (Phi) is 5.54. The molecule has 4 heterocycles. The number of hydrogen-bond donors (Lipinski definition) is 1. The number of nitrogens with one attached hydrogen (secondary N) is 1. The van der Waals surface area contributed by atoms with Crippen LogP contribution in [0.2, 0.25) is 0 Å². The zero-order valence-electron chi connectivity index (χ0n) is 18.5. The van der Waals surface area contributed by atoms with E-state index in [1.54, 1.807) is 12.3 Å². The second-order valence-corrected chi connectivity index (χ2v) is 7.90. The number of likely N-dealkylation sites (tertiary alicyclic amines) is 1. The highest BCUT2D eigenvalue weighted by molar-refractivity contribution is 5.92. The minimum atomic E-state index is -0.0553. The predicted molar refractivity (Wildman–Crippen MR) is 120 cm³/mol. The molecule has 1 N–H and O–H groups in total. The fourth-order valence-electron chi connectivity index (χ4n) is 3.80. The van der Waals surface area contributed by atoms with Crippen molar-refractivity contribution in [2.75, 3.05) is 11.9 Å². The summed E-state index contributed by atoms with van der Waals surface area (Å²) in [6, 6.07) is 5.75. The lowest BCUT2D eigenvalue weighted by atomic mass is 9.98. The molecule has 1 atom stereocenters. The number of aryl methyl sites for hydroxylation is 4. The Bertz CT molecular complexity index is 1160. The molecule has 1 saturated heterocycles. The average Bonchev–Trinajstić information content (AvgIpc) is 2.92. The Morgan fingerprint density at radius 2 is 2.03 bits per heavy atom. The molecule has 0 unspecified atom stereocenters. The van der Waals surface area contributed by atoms with E-state index >= 15 is 0 Å². The van der Waals surface area contributed by atoms with Crippen LogP contribution in [0.1, 0.15) is 46.5 Å². The highest BCUT2D eigenvalue weighted by Gasteiger charge is 2.33. The summed E-state index contributed by atoms with van der Waals surface area (Å²) in [7, 11) is 1.91. The molecule has 0 spiro atoms. The van der Waals surface area contributed by atoms with E-state index in [1.807, 2.05) is 68.6 Å².